The lowest BCUT2D eigenvalue weighted by Crippen LogP contribution is -2.24. The van der Waals surface area contributed by atoms with E-state index < -0.39 is 0 Å². The molecule has 0 aliphatic rings. The third-order valence-corrected chi connectivity index (χ3v) is 3.87. The van der Waals surface area contributed by atoms with E-state index in [1.165, 1.54) is 5.56 Å². The molecule has 0 aliphatic carbocycles. The summed E-state index contributed by atoms with van der Waals surface area (Å²) in [6.45, 7) is 9.16. The zero-order valence-electron chi connectivity index (χ0n) is 14.8. The lowest BCUT2D eigenvalue weighted by Gasteiger charge is -2.15. The first-order valence-corrected chi connectivity index (χ1v) is 8.26. The van der Waals surface area contributed by atoms with E-state index in [-0.39, 0.29) is 5.91 Å². The number of aromatic nitrogens is 2. The van der Waals surface area contributed by atoms with Gasteiger partial charge in [0.2, 0.25) is 0 Å². The van der Waals surface area contributed by atoms with Gasteiger partial charge in [0.15, 0.2) is 0 Å². The quantitative estimate of drug-likeness (QED) is 0.884. The molecule has 0 saturated carbocycles. The number of hydrogen-bond acceptors (Lipinski definition) is 2. The summed E-state index contributed by atoms with van der Waals surface area (Å²) in [6, 6.07) is 8.11. The summed E-state index contributed by atoms with van der Waals surface area (Å²) >= 11 is 0. The zero-order valence-corrected chi connectivity index (χ0v) is 14.8. The molecule has 2 aromatic rings. The molecule has 1 N–H and O–H groups in total. The molecule has 1 heterocycles. The largest absolute Gasteiger partial charge is 0.346 e. The predicted molar refractivity (Wildman–Crippen MR) is 93.5 cm³/mol. The lowest BCUT2D eigenvalue weighted by molar-refractivity contribution is 0.0949. The molecule has 0 spiro atoms. The first-order chi connectivity index (χ1) is 10.9. The van der Waals surface area contributed by atoms with E-state index in [4.69, 9.17) is 0 Å². The van der Waals surface area contributed by atoms with Crippen molar-refractivity contribution in [3.05, 3.63) is 52.8 Å². The van der Waals surface area contributed by atoms with Crippen LogP contribution in [0.25, 0.3) is 0 Å². The minimum Gasteiger partial charge on any atom is -0.346 e. The molecule has 1 aromatic heterocycles. The fourth-order valence-corrected chi connectivity index (χ4v) is 2.63. The monoisotopic (exact) mass is 313 g/mol. The third-order valence-electron chi connectivity index (χ3n) is 3.87. The van der Waals surface area contributed by atoms with Gasteiger partial charge in [-0.1, -0.05) is 39.8 Å². The van der Waals surface area contributed by atoms with Crippen molar-refractivity contribution in [3.8, 4) is 0 Å². The molecule has 0 aliphatic heterocycles. The number of carbonyl (C=O) groups excluding carboxylic acids is 1. The number of nitrogens with one attached hydrogen (secondary N) is 1. The van der Waals surface area contributed by atoms with Crippen molar-refractivity contribution < 1.29 is 4.79 Å². The Labute approximate surface area is 138 Å². The van der Waals surface area contributed by atoms with Crippen LogP contribution in [0.15, 0.2) is 30.5 Å². The summed E-state index contributed by atoms with van der Waals surface area (Å²) in [6.07, 6.45) is 2.79. The molecule has 1 amide bonds. The number of aryl methyl sites for hydroxylation is 1. The second-order valence-corrected chi connectivity index (χ2v) is 6.83. The van der Waals surface area contributed by atoms with E-state index in [1.807, 2.05) is 25.4 Å². The van der Waals surface area contributed by atoms with Gasteiger partial charge in [0.25, 0.3) is 5.91 Å². The fourth-order valence-electron chi connectivity index (χ4n) is 2.63. The van der Waals surface area contributed by atoms with E-state index in [9.17, 15) is 4.79 Å². The molecule has 4 heteroatoms. The van der Waals surface area contributed by atoms with Gasteiger partial charge in [-0.15, -0.1) is 0 Å². The van der Waals surface area contributed by atoms with Crippen molar-refractivity contribution in [2.45, 2.75) is 46.6 Å². The van der Waals surface area contributed by atoms with E-state index >= 15 is 0 Å². The van der Waals surface area contributed by atoms with Gasteiger partial charge in [0.1, 0.15) is 0 Å². The van der Waals surface area contributed by atoms with Crippen LogP contribution in [-0.2, 0) is 20.0 Å². The van der Waals surface area contributed by atoms with Crippen LogP contribution in [0.2, 0.25) is 0 Å². The van der Waals surface area contributed by atoms with E-state index in [1.54, 1.807) is 4.68 Å². The van der Waals surface area contributed by atoms with Gasteiger partial charge in [0, 0.05) is 18.8 Å². The highest BCUT2D eigenvalue weighted by Crippen LogP contribution is 2.21. The molecule has 1 aromatic carbocycles. The average molecular weight is 313 g/mol. The number of amides is 1. The van der Waals surface area contributed by atoms with E-state index in [2.05, 4.69) is 50.2 Å². The molecule has 0 atom stereocenters. The fraction of sp³-hybridized carbons (Fsp3) is 0.474. The number of rotatable bonds is 6. The first kappa shape index (κ1) is 17.3. The molecule has 0 bridgehead atoms. The maximum absolute atomic E-state index is 12.6. The average Bonchev–Trinajstić information content (AvgIpc) is 2.89. The van der Waals surface area contributed by atoms with Gasteiger partial charge in [0.05, 0.1) is 12.2 Å². The molecule has 124 valence electrons. The number of hydrogen-bond donors (Lipinski definition) is 1. The number of nitrogens with zero attached hydrogens (tertiary/aromatic N) is 2. The van der Waals surface area contributed by atoms with Gasteiger partial charge in [-0.3, -0.25) is 9.48 Å². The zero-order chi connectivity index (χ0) is 17.0. The van der Waals surface area contributed by atoms with Gasteiger partial charge in [-0.2, -0.15) is 5.10 Å². The normalized spacial score (nSPS) is 11.3. The molecule has 23 heavy (non-hydrogen) atoms. The lowest BCUT2D eigenvalue weighted by atomic mass is 9.92. The van der Waals surface area contributed by atoms with Crippen molar-refractivity contribution in [1.82, 2.24) is 15.1 Å². The molecule has 0 fully saturated rings. The van der Waals surface area contributed by atoms with E-state index in [0.29, 0.717) is 18.4 Å². The highest BCUT2D eigenvalue weighted by Gasteiger charge is 2.14. The highest BCUT2D eigenvalue weighted by atomic mass is 16.1. The summed E-state index contributed by atoms with van der Waals surface area (Å²) in [5.74, 6) is 0.952. The minimum absolute atomic E-state index is 0.0263. The van der Waals surface area contributed by atoms with Crippen LogP contribution in [-0.4, -0.2) is 15.7 Å². The Kier molecular flexibility index (Phi) is 5.59. The second kappa shape index (κ2) is 7.44. The Morgan fingerprint density at radius 1 is 1.22 bits per heavy atom. The Hall–Kier alpha value is -2.10. The van der Waals surface area contributed by atoms with E-state index in [0.717, 1.165) is 23.2 Å². The standard InChI is InChI=1S/C19H27N3O/c1-13(2)10-16-11-15(14(3)4)6-7-18(16)19(23)20-12-17-8-9-22(5)21-17/h6-9,11,13-14H,10,12H2,1-5H3,(H,20,23). The smallest absolute Gasteiger partial charge is 0.251 e. The highest BCUT2D eigenvalue weighted by molar-refractivity contribution is 5.95. The maximum atomic E-state index is 12.6. The Morgan fingerprint density at radius 2 is 1.96 bits per heavy atom. The Morgan fingerprint density at radius 3 is 2.52 bits per heavy atom. The molecule has 4 nitrogen and oxygen atoms in total. The summed E-state index contributed by atoms with van der Waals surface area (Å²) in [5, 5.41) is 7.26. The predicted octanol–water partition coefficient (Wildman–Crippen LogP) is 3.67. The Bertz CT molecular complexity index is 671. The van der Waals surface area contributed by atoms with Crippen LogP contribution in [0.5, 0.6) is 0 Å². The molecule has 0 radical (unpaired) electrons. The summed E-state index contributed by atoms with van der Waals surface area (Å²) in [4.78, 5) is 12.6. The van der Waals surface area contributed by atoms with Crippen molar-refractivity contribution in [3.63, 3.8) is 0 Å². The SMILES string of the molecule is CC(C)Cc1cc(C(C)C)ccc1C(=O)NCc1ccn(C)n1. The topological polar surface area (TPSA) is 46.9 Å². The van der Waals surface area contributed by atoms with Crippen molar-refractivity contribution >= 4 is 5.91 Å². The maximum Gasteiger partial charge on any atom is 0.251 e. The van der Waals surface area contributed by atoms with Crippen LogP contribution in [0.1, 0.15) is 60.8 Å². The van der Waals surface area contributed by atoms with Crippen LogP contribution in [0.4, 0.5) is 0 Å². The van der Waals surface area contributed by atoms with Gasteiger partial charge >= 0.3 is 0 Å². The first-order valence-electron chi connectivity index (χ1n) is 8.26. The van der Waals surface area contributed by atoms with Crippen molar-refractivity contribution in [2.24, 2.45) is 13.0 Å². The molecule has 2 rings (SSSR count). The van der Waals surface area contributed by atoms with Crippen molar-refractivity contribution in [2.75, 3.05) is 0 Å². The molecule has 0 saturated heterocycles. The van der Waals surface area contributed by atoms with Gasteiger partial charge in [-0.25, -0.2) is 0 Å². The van der Waals surface area contributed by atoms with Crippen LogP contribution in [0, 0.1) is 5.92 Å². The van der Waals surface area contributed by atoms with Crippen LogP contribution in [0.3, 0.4) is 0 Å². The summed E-state index contributed by atoms with van der Waals surface area (Å²) in [5.41, 5.74) is 4.05. The molecular formula is C19H27N3O. The van der Waals surface area contributed by atoms with Crippen LogP contribution >= 0.6 is 0 Å². The third kappa shape index (κ3) is 4.68. The molecule has 0 unspecified atom stereocenters. The number of benzene rings is 1. The van der Waals surface area contributed by atoms with Crippen LogP contribution < -0.4 is 5.32 Å². The summed E-state index contributed by atoms with van der Waals surface area (Å²) in [7, 11) is 1.87. The minimum atomic E-state index is -0.0263. The Balaban J connectivity index is 2.17. The number of carbonyl (C=O) groups is 1. The van der Waals surface area contributed by atoms with Crippen molar-refractivity contribution in [1.29, 1.82) is 0 Å². The summed E-state index contributed by atoms with van der Waals surface area (Å²) < 4.78 is 1.74. The van der Waals surface area contributed by atoms with Gasteiger partial charge in [-0.05, 0) is 41.5 Å². The van der Waals surface area contributed by atoms with Gasteiger partial charge < -0.3 is 5.32 Å². The second-order valence-electron chi connectivity index (χ2n) is 6.83. The molecular weight excluding hydrogens is 286 g/mol.